The van der Waals surface area contributed by atoms with Crippen LogP contribution in [0.1, 0.15) is 12.8 Å². The zero-order chi connectivity index (χ0) is 13.4. The van der Waals surface area contributed by atoms with Crippen LogP contribution in [0.2, 0.25) is 0 Å². The van der Waals surface area contributed by atoms with E-state index in [0.29, 0.717) is 5.92 Å². The van der Waals surface area contributed by atoms with Crippen molar-refractivity contribution in [3.05, 3.63) is 10.9 Å². The van der Waals surface area contributed by atoms with E-state index >= 15 is 0 Å². The van der Waals surface area contributed by atoms with Crippen LogP contribution in [0.25, 0.3) is 11.0 Å². The second-order valence-electron chi connectivity index (χ2n) is 4.95. The van der Waals surface area contributed by atoms with Crippen molar-refractivity contribution in [1.82, 2.24) is 19.7 Å². The van der Waals surface area contributed by atoms with Crippen molar-refractivity contribution in [2.75, 3.05) is 24.6 Å². The predicted molar refractivity (Wildman–Crippen MR) is 76.0 cm³/mol. The number of piperidine rings is 1. The molecule has 3 heterocycles. The zero-order valence-corrected chi connectivity index (χ0v) is 12.3. The minimum Gasteiger partial charge on any atom is -0.396 e. The molecule has 19 heavy (non-hydrogen) atoms. The summed E-state index contributed by atoms with van der Waals surface area (Å²) in [6.45, 7) is 2.03. The molecule has 2 aromatic heterocycles. The van der Waals surface area contributed by atoms with Crippen LogP contribution in [0.15, 0.2) is 10.9 Å². The van der Waals surface area contributed by atoms with E-state index in [2.05, 4.69) is 35.9 Å². The van der Waals surface area contributed by atoms with Crippen molar-refractivity contribution in [2.45, 2.75) is 12.8 Å². The molecular weight excluding hydrogens is 310 g/mol. The van der Waals surface area contributed by atoms with Crippen molar-refractivity contribution in [2.24, 2.45) is 13.0 Å². The molecule has 3 rings (SSSR count). The Balaban J connectivity index is 2.05. The monoisotopic (exact) mass is 325 g/mol. The Bertz CT molecular complexity index is 599. The largest absolute Gasteiger partial charge is 0.396 e. The molecule has 0 amide bonds. The lowest BCUT2D eigenvalue weighted by Crippen LogP contribution is -2.37. The van der Waals surface area contributed by atoms with E-state index in [0.717, 1.165) is 47.4 Å². The molecule has 0 radical (unpaired) electrons. The number of hydrogen-bond acceptors (Lipinski definition) is 5. The Kier molecular flexibility index (Phi) is 3.40. The van der Waals surface area contributed by atoms with E-state index in [9.17, 15) is 5.11 Å². The van der Waals surface area contributed by atoms with Gasteiger partial charge in [-0.3, -0.25) is 0 Å². The van der Waals surface area contributed by atoms with E-state index in [-0.39, 0.29) is 6.61 Å². The van der Waals surface area contributed by atoms with Gasteiger partial charge in [-0.1, -0.05) is 0 Å². The zero-order valence-electron chi connectivity index (χ0n) is 10.8. The lowest BCUT2D eigenvalue weighted by atomic mass is 9.99. The highest BCUT2D eigenvalue weighted by Gasteiger charge is 2.24. The Hall–Kier alpha value is -1.21. The summed E-state index contributed by atoms with van der Waals surface area (Å²) in [6, 6.07) is 0. The lowest BCUT2D eigenvalue weighted by Gasteiger charge is -2.32. The maximum absolute atomic E-state index is 9.34. The molecule has 102 valence electrons. The molecule has 0 aliphatic carbocycles. The minimum absolute atomic E-state index is 0.235. The molecule has 6 nitrogen and oxygen atoms in total. The van der Waals surface area contributed by atoms with Crippen LogP contribution in [-0.2, 0) is 7.05 Å². The summed E-state index contributed by atoms with van der Waals surface area (Å²) in [5, 5.41) is 14.6. The second kappa shape index (κ2) is 5.05. The number of halogens is 1. The van der Waals surface area contributed by atoms with E-state index in [1.807, 2.05) is 7.05 Å². The van der Waals surface area contributed by atoms with Crippen LogP contribution >= 0.6 is 15.9 Å². The van der Waals surface area contributed by atoms with E-state index in [4.69, 9.17) is 0 Å². The first kappa shape index (κ1) is 12.8. The van der Waals surface area contributed by atoms with Crippen LogP contribution in [0.5, 0.6) is 0 Å². The minimum atomic E-state index is 0.235. The van der Waals surface area contributed by atoms with E-state index in [1.165, 1.54) is 0 Å². The van der Waals surface area contributed by atoms with Gasteiger partial charge in [-0.15, -0.1) is 0 Å². The second-order valence-corrected chi connectivity index (χ2v) is 5.70. The summed E-state index contributed by atoms with van der Waals surface area (Å²) in [6.07, 6.45) is 3.73. The fraction of sp³-hybridized carbons (Fsp3) is 0.583. The maximum Gasteiger partial charge on any atom is 0.164 e. The predicted octanol–water partition coefficient (Wildman–Crippen LogP) is 1.33. The van der Waals surface area contributed by atoms with Gasteiger partial charge in [0.1, 0.15) is 16.7 Å². The highest BCUT2D eigenvalue weighted by Crippen LogP contribution is 2.31. The van der Waals surface area contributed by atoms with Crippen LogP contribution in [0.4, 0.5) is 5.82 Å². The average Bonchev–Trinajstić information content (AvgIpc) is 2.74. The van der Waals surface area contributed by atoms with Crippen LogP contribution in [0.3, 0.4) is 0 Å². The lowest BCUT2D eigenvalue weighted by molar-refractivity contribution is 0.208. The quantitative estimate of drug-likeness (QED) is 0.902. The third-order valence-corrected chi connectivity index (χ3v) is 4.19. The average molecular weight is 326 g/mol. The molecule has 1 atom stereocenters. The molecule has 0 unspecified atom stereocenters. The fourth-order valence-electron chi connectivity index (χ4n) is 2.67. The highest BCUT2D eigenvalue weighted by molar-refractivity contribution is 9.10. The Morgan fingerprint density at radius 2 is 2.32 bits per heavy atom. The summed E-state index contributed by atoms with van der Waals surface area (Å²) in [4.78, 5) is 10.9. The first-order chi connectivity index (χ1) is 9.20. The van der Waals surface area contributed by atoms with E-state index < -0.39 is 0 Å². The molecule has 1 aliphatic rings. The number of aryl methyl sites for hydroxylation is 1. The van der Waals surface area contributed by atoms with Crippen LogP contribution in [0, 0.1) is 5.92 Å². The van der Waals surface area contributed by atoms with Gasteiger partial charge in [-0.25, -0.2) is 14.6 Å². The van der Waals surface area contributed by atoms with Gasteiger partial charge in [0.25, 0.3) is 0 Å². The summed E-state index contributed by atoms with van der Waals surface area (Å²) < 4.78 is 2.52. The van der Waals surface area contributed by atoms with Gasteiger partial charge < -0.3 is 10.0 Å². The maximum atomic E-state index is 9.34. The number of fused-ring (bicyclic) bond motifs is 1. The summed E-state index contributed by atoms with van der Waals surface area (Å²) >= 11 is 3.48. The number of aliphatic hydroxyl groups is 1. The number of rotatable bonds is 2. The van der Waals surface area contributed by atoms with Gasteiger partial charge in [0.15, 0.2) is 5.65 Å². The Labute approximate surface area is 119 Å². The van der Waals surface area contributed by atoms with Gasteiger partial charge in [0.2, 0.25) is 0 Å². The molecule has 0 saturated carbocycles. The summed E-state index contributed by atoms with van der Waals surface area (Å²) in [5.74, 6) is 1.23. The molecular formula is C12H16BrN5O. The van der Waals surface area contributed by atoms with E-state index in [1.54, 1.807) is 11.0 Å². The van der Waals surface area contributed by atoms with Crippen molar-refractivity contribution in [1.29, 1.82) is 0 Å². The van der Waals surface area contributed by atoms with Crippen LogP contribution in [-0.4, -0.2) is 44.6 Å². The Morgan fingerprint density at radius 1 is 1.47 bits per heavy atom. The van der Waals surface area contributed by atoms with Gasteiger partial charge >= 0.3 is 0 Å². The van der Waals surface area contributed by atoms with Crippen molar-refractivity contribution < 1.29 is 5.11 Å². The molecule has 0 bridgehead atoms. The normalized spacial score (nSPS) is 20.2. The molecule has 7 heteroatoms. The smallest absolute Gasteiger partial charge is 0.164 e. The molecule has 1 N–H and O–H groups in total. The number of anilines is 1. The van der Waals surface area contributed by atoms with Crippen molar-refractivity contribution >= 4 is 32.8 Å². The topological polar surface area (TPSA) is 67.1 Å². The molecule has 1 saturated heterocycles. The standard InChI is InChI=1S/C12H16BrN5O/c1-17-11-9(10(13)16-17)12(15-7-14-11)18-4-2-3-8(5-18)6-19/h7-8,19H,2-6H2,1H3/t8-/m0/s1. The number of nitrogens with zero attached hydrogens (tertiary/aromatic N) is 5. The highest BCUT2D eigenvalue weighted by atomic mass is 79.9. The van der Waals surface area contributed by atoms with Crippen molar-refractivity contribution in [3.63, 3.8) is 0 Å². The van der Waals surface area contributed by atoms with Gasteiger partial charge in [0.05, 0.1) is 5.39 Å². The summed E-state index contributed by atoms with van der Waals surface area (Å²) in [7, 11) is 1.87. The number of aliphatic hydroxyl groups excluding tert-OH is 1. The SMILES string of the molecule is Cn1nc(Br)c2c(N3CCC[C@H](CO)C3)ncnc21. The molecule has 0 spiro atoms. The van der Waals surface area contributed by atoms with Crippen LogP contribution < -0.4 is 4.90 Å². The molecule has 0 aromatic carbocycles. The number of aromatic nitrogens is 4. The van der Waals surface area contributed by atoms with Gasteiger partial charge in [0, 0.05) is 26.7 Å². The third-order valence-electron chi connectivity index (χ3n) is 3.63. The fourth-order valence-corrected chi connectivity index (χ4v) is 3.27. The van der Waals surface area contributed by atoms with Gasteiger partial charge in [-0.2, -0.15) is 5.10 Å². The Morgan fingerprint density at radius 3 is 3.11 bits per heavy atom. The summed E-state index contributed by atoms with van der Waals surface area (Å²) in [5.41, 5.74) is 0.822. The molecule has 1 fully saturated rings. The third kappa shape index (κ3) is 2.21. The number of hydrogen-bond donors (Lipinski definition) is 1. The van der Waals surface area contributed by atoms with Gasteiger partial charge in [-0.05, 0) is 34.7 Å². The molecule has 2 aromatic rings. The van der Waals surface area contributed by atoms with Crippen molar-refractivity contribution in [3.8, 4) is 0 Å². The first-order valence-electron chi connectivity index (χ1n) is 6.39. The molecule has 1 aliphatic heterocycles. The first-order valence-corrected chi connectivity index (χ1v) is 7.19.